The molecule has 0 aliphatic carbocycles. The Labute approximate surface area is 369 Å². The SMILES string of the molecule is CCC.O=C1CC(CP2(=O)Oc3ccccc3-c3ccccc32)C(=O)O1.O=P1(c2cc(O)ccc2O)Oc2ccccc2-c2ccccc21.O=[p+]1oc2ccccc2c2ccccc21. The van der Waals surface area contributed by atoms with Crippen LogP contribution in [0, 0.1) is 5.92 Å². The second-order valence-electron chi connectivity index (χ2n) is 15.1. The van der Waals surface area contributed by atoms with Gasteiger partial charge in [0.2, 0.25) is 5.12 Å². The highest BCUT2D eigenvalue weighted by atomic mass is 31.2. The number of hydrogen-bond acceptors (Lipinski definition) is 11. The average molecular weight is 912 g/mol. The first-order chi connectivity index (χ1) is 30.9. The van der Waals surface area contributed by atoms with Crippen LogP contribution in [0.4, 0.5) is 0 Å². The number of hydrogen-bond donors (Lipinski definition) is 2. The average Bonchev–Trinajstić information content (AvgIpc) is 3.62. The van der Waals surface area contributed by atoms with Crippen molar-refractivity contribution < 1.29 is 51.5 Å². The number of cyclic esters (lactones) is 2. The van der Waals surface area contributed by atoms with Crippen molar-refractivity contribution in [2.45, 2.75) is 26.7 Å². The molecule has 7 aromatic carbocycles. The molecule has 4 unspecified atom stereocenters. The van der Waals surface area contributed by atoms with Crippen LogP contribution in [0.15, 0.2) is 168 Å². The number of rotatable bonds is 3. The number of benzene rings is 7. The standard InChI is InChI=1S/C18H13O4P.C17H13O5P.C12H8O2P.C3H8/c19-12-9-10-15(20)18(11-12)23(21)17-8-4-2-6-14(17)13-5-1-3-7-16(13)22-23;18-16-9-11(17(19)21-16)10-23(20)15-8-4-2-6-13(15)12-5-1-3-7-14(12)22-23;13-15-12-8-4-2-6-10(12)9-5-1-3-7-11(9)14-15;1-3-2/h1-11,19-20H;1-8,11H,9-10H2;1-8H;3H2,1-2H3/q;;+1;. The fraction of sp³-hybridized carbons (Fsp3) is 0.120. The molecule has 11 rings (SSSR count). The molecule has 1 aromatic heterocycles. The maximum absolute atomic E-state index is 13.7. The molecular weight excluding hydrogens is 869 g/mol. The molecule has 1 saturated heterocycles. The third kappa shape index (κ3) is 8.63. The summed E-state index contributed by atoms with van der Waals surface area (Å²) in [5.41, 5.74) is 4.09. The van der Waals surface area contributed by atoms with Crippen LogP contribution in [0.5, 0.6) is 23.0 Å². The van der Waals surface area contributed by atoms with E-state index in [-0.39, 0.29) is 29.4 Å². The molecule has 0 saturated carbocycles. The van der Waals surface area contributed by atoms with Gasteiger partial charge in [-0.15, -0.1) is 0 Å². The van der Waals surface area contributed by atoms with E-state index < -0.39 is 40.2 Å². The van der Waals surface area contributed by atoms with E-state index in [4.69, 9.17) is 13.2 Å². The molecule has 0 amide bonds. The molecule has 3 aliphatic rings. The van der Waals surface area contributed by atoms with Gasteiger partial charge < -0.3 is 24.0 Å². The molecule has 14 heteroatoms. The fourth-order valence-corrected chi connectivity index (χ4v) is 13.7. The molecule has 11 nitrogen and oxygen atoms in total. The zero-order valence-corrected chi connectivity index (χ0v) is 37.4. The summed E-state index contributed by atoms with van der Waals surface area (Å²) in [6, 6.07) is 48.6. The van der Waals surface area contributed by atoms with Crippen LogP contribution in [-0.2, 0) is 28.0 Å². The maximum Gasteiger partial charge on any atom is 0.597 e. The summed E-state index contributed by atoms with van der Waals surface area (Å²) in [4.78, 5) is 23.0. The normalized spacial score (nSPS) is 18.9. The van der Waals surface area contributed by atoms with Gasteiger partial charge in [0.1, 0.15) is 23.0 Å². The monoisotopic (exact) mass is 911 g/mol. The summed E-state index contributed by atoms with van der Waals surface area (Å²) in [7, 11) is -8.61. The molecule has 2 N–H and O–H groups in total. The molecule has 4 heterocycles. The number of phenols is 2. The Hall–Kier alpha value is -6.76. The van der Waals surface area contributed by atoms with Crippen LogP contribution in [0.1, 0.15) is 26.7 Å². The van der Waals surface area contributed by atoms with Gasteiger partial charge in [-0.1, -0.05) is 123 Å². The molecule has 8 aromatic rings. The largest absolute Gasteiger partial charge is 0.597 e. The van der Waals surface area contributed by atoms with Crippen molar-refractivity contribution >= 4 is 71.7 Å². The summed E-state index contributed by atoms with van der Waals surface area (Å²) >= 11 is 0. The number of phenolic OH excluding ortho intramolecular Hbond substituents is 2. The lowest BCUT2D eigenvalue weighted by Crippen LogP contribution is -2.25. The summed E-state index contributed by atoms with van der Waals surface area (Å²) in [6.07, 6.45) is 1.18. The molecule has 0 spiro atoms. The molecule has 64 heavy (non-hydrogen) atoms. The Balaban J connectivity index is 0.000000130. The highest BCUT2D eigenvalue weighted by Crippen LogP contribution is 2.57. The van der Waals surface area contributed by atoms with E-state index in [1.807, 2.05) is 103 Å². The summed E-state index contributed by atoms with van der Waals surface area (Å²) in [5, 5.41) is 23.9. The van der Waals surface area contributed by atoms with Crippen molar-refractivity contribution in [2.24, 2.45) is 5.92 Å². The maximum atomic E-state index is 13.7. The topological polar surface area (TPSA) is 167 Å². The van der Waals surface area contributed by atoms with Gasteiger partial charge in [-0.2, -0.15) is 0 Å². The number of esters is 2. The number of aromatic hydroxyl groups is 2. The van der Waals surface area contributed by atoms with Gasteiger partial charge in [0.05, 0.1) is 34.4 Å². The van der Waals surface area contributed by atoms with Crippen LogP contribution in [-0.4, -0.2) is 28.3 Å². The number of carbonyl (C=O) groups is 2. The first kappa shape index (κ1) is 43.9. The van der Waals surface area contributed by atoms with Crippen LogP contribution in [0.25, 0.3) is 43.7 Å². The van der Waals surface area contributed by atoms with Crippen LogP contribution < -0.4 is 25.0 Å². The first-order valence-corrected chi connectivity index (χ1v) is 25.1. The van der Waals surface area contributed by atoms with Crippen molar-refractivity contribution in [3.63, 3.8) is 0 Å². The van der Waals surface area contributed by atoms with Gasteiger partial charge in [0.15, 0.2) is 5.58 Å². The molecule has 0 bridgehead atoms. The molecular formula is C50H42O11P3+. The van der Waals surface area contributed by atoms with E-state index in [1.165, 1.54) is 24.6 Å². The Morgan fingerprint density at radius 1 is 0.609 bits per heavy atom. The van der Waals surface area contributed by atoms with Gasteiger partial charge in [0, 0.05) is 21.9 Å². The van der Waals surface area contributed by atoms with E-state index >= 15 is 0 Å². The van der Waals surface area contributed by atoms with Gasteiger partial charge >= 0.3 is 27.0 Å². The fourth-order valence-electron chi connectivity index (χ4n) is 7.67. The minimum Gasteiger partial charge on any atom is -0.508 e. The lowest BCUT2D eigenvalue weighted by molar-refractivity contribution is -0.152. The third-order valence-corrected chi connectivity index (χ3v) is 16.6. The third-order valence-electron chi connectivity index (χ3n) is 10.5. The Bertz CT molecular complexity index is 3230. The summed E-state index contributed by atoms with van der Waals surface area (Å²) in [5.74, 6) is -1.12. The van der Waals surface area contributed by atoms with Crippen LogP contribution in [0.3, 0.4) is 0 Å². The highest BCUT2D eigenvalue weighted by Gasteiger charge is 2.44. The quantitative estimate of drug-likeness (QED) is 0.0569. The molecule has 4 atom stereocenters. The van der Waals surface area contributed by atoms with E-state index in [1.54, 1.807) is 42.5 Å². The summed E-state index contributed by atoms with van der Waals surface area (Å²) in [6.45, 7) is 4.25. The zero-order valence-electron chi connectivity index (χ0n) is 34.7. The Morgan fingerprint density at radius 3 is 1.80 bits per heavy atom. The second kappa shape index (κ2) is 18.5. The molecule has 3 aliphatic heterocycles. The second-order valence-corrected chi connectivity index (χ2v) is 20.9. The predicted molar refractivity (Wildman–Crippen MR) is 250 cm³/mol. The van der Waals surface area contributed by atoms with E-state index in [9.17, 15) is 33.5 Å². The smallest absolute Gasteiger partial charge is 0.508 e. The lowest BCUT2D eigenvalue weighted by Gasteiger charge is -2.29. The summed E-state index contributed by atoms with van der Waals surface area (Å²) < 4.78 is 60.6. The number of para-hydroxylation sites is 3. The van der Waals surface area contributed by atoms with E-state index in [0.717, 1.165) is 38.1 Å². The molecule has 322 valence electrons. The van der Waals surface area contributed by atoms with E-state index in [0.29, 0.717) is 27.7 Å². The predicted octanol–water partition coefficient (Wildman–Crippen LogP) is 11.9. The minimum absolute atomic E-state index is 0.0249. The van der Waals surface area contributed by atoms with Gasteiger partial charge in [-0.3, -0.25) is 18.7 Å². The van der Waals surface area contributed by atoms with Crippen molar-refractivity contribution in [3.8, 4) is 45.3 Å². The number of fused-ring (bicyclic) bond motifs is 9. The van der Waals surface area contributed by atoms with Gasteiger partial charge in [-0.05, 0) is 76.4 Å². The van der Waals surface area contributed by atoms with Gasteiger partial charge in [-0.25, -0.2) is 4.20 Å². The minimum atomic E-state index is -3.56. The van der Waals surface area contributed by atoms with E-state index in [2.05, 4.69) is 18.6 Å². The molecule has 1 fully saturated rings. The van der Waals surface area contributed by atoms with Crippen molar-refractivity contribution in [1.29, 1.82) is 0 Å². The van der Waals surface area contributed by atoms with Crippen LogP contribution >= 0.6 is 22.4 Å². The highest BCUT2D eigenvalue weighted by molar-refractivity contribution is 7.75. The lowest BCUT2D eigenvalue weighted by atomic mass is 10.0. The van der Waals surface area contributed by atoms with Crippen molar-refractivity contribution in [3.05, 3.63) is 164 Å². The van der Waals surface area contributed by atoms with Crippen molar-refractivity contribution in [1.82, 2.24) is 0 Å². The Kier molecular flexibility index (Phi) is 12.7. The first-order valence-electron chi connectivity index (χ1n) is 20.5. The number of carbonyl (C=O) groups excluding carboxylic acids is 2. The van der Waals surface area contributed by atoms with Crippen molar-refractivity contribution in [2.75, 3.05) is 6.16 Å². The van der Waals surface area contributed by atoms with Crippen LogP contribution in [0.2, 0.25) is 0 Å². The molecule has 0 radical (unpaired) electrons. The Morgan fingerprint density at radius 2 is 1.14 bits per heavy atom. The van der Waals surface area contributed by atoms with Gasteiger partial charge in [0.25, 0.3) is 7.37 Å². The number of ether oxygens (including phenoxy) is 1. The zero-order chi connectivity index (χ0) is 45.0.